The third kappa shape index (κ3) is 3.94. The summed E-state index contributed by atoms with van der Waals surface area (Å²) in [5, 5.41) is 12.1. The number of nitrogens with zero attached hydrogens (tertiary/aromatic N) is 2. The van der Waals surface area contributed by atoms with Crippen molar-refractivity contribution >= 4 is 28.3 Å². The van der Waals surface area contributed by atoms with Crippen LogP contribution in [0.4, 0.5) is 5.69 Å². The second-order valence-electron chi connectivity index (χ2n) is 6.61. The molecule has 4 aromatic rings. The third-order valence-electron chi connectivity index (χ3n) is 4.75. The fraction of sp³-hybridized carbons (Fsp3) is 0.0435. The molecule has 0 N–H and O–H groups in total. The van der Waals surface area contributed by atoms with Crippen molar-refractivity contribution in [3.05, 3.63) is 112 Å². The van der Waals surface area contributed by atoms with Crippen molar-refractivity contribution in [3.8, 4) is 0 Å². The Labute approximate surface area is 183 Å². The van der Waals surface area contributed by atoms with E-state index >= 15 is 0 Å². The second kappa shape index (κ2) is 8.86. The smallest absolute Gasteiger partial charge is 0.270 e. The van der Waals surface area contributed by atoms with Crippen LogP contribution < -0.4 is 0 Å². The molecule has 0 bridgehead atoms. The van der Waals surface area contributed by atoms with Crippen molar-refractivity contribution < 1.29 is 31.6 Å². The average Bonchev–Trinajstić information content (AvgIpc) is 3.45. The van der Waals surface area contributed by atoms with E-state index in [0.29, 0.717) is 16.3 Å². The molecule has 0 radical (unpaired) electrons. The third-order valence-corrected chi connectivity index (χ3v) is 4.75. The maximum atomic E-state index is 12.8. The molecule has 0 fully saturated rings. The van der Waals surface area contributed by atoms with Crippen molar-refractivity contribution in [3.63, 3.8) is 0 Å². The van der Waals surface area contributed by atoms with E-state index in [1.165, 1.54) is 12.1 Å². The molecule has 0 saturated carbocycles. The molecular formula is C23H16FeN2O4-6. The SMILES string of the molecule is O=C1c2cccc3cc([N+](=O)[O-])cc(c23)C(=O)N1C[c-]1cccc1.[Fe].[cH-]1[cH-][cH-][cH-][cH-]1. The zero-order valence-corrected chi connectivity index (χ0v) is 16.8. The van der Waals surface area contributed by atoms with Crippen LogP contribution in [0.3, 0.4) is 0 Å². The Kier molecular flexibility index (Phi) is 6.25. The van der Waals surface area contributed by atoms with Gasteiger partial charge in [-0.1, -0.05) is 12.1 Å². The first kappa shape index (κ1) is 21.2. The Morgan fingerprint density at radius 2 is 1.50 bits per heavy atom. The van der Waals surface area contributed by atoms with E-state index in [2.05, 4.69) is 0 Å². The normalized spacial score (nSPS) is 12.2. The van der Waals surface area contributed by atoms with Gasteiger partial charge in [0.1, 0.15) is 0 Å². The molecule has 0 atom stereocenters. The number of imide groups is 1. The summed E-state index contributed by atoms with van der Waals surface area (Å²) in [4.78, 5) is 37.3. The number of hydrogen-bond donors (Lipinski definition) is 0. The number of amides is 2. The fourth-order valence-corrected chi connectivity index (χ4v) is 3.41. The minimum Gasteiger partial charge on any atom is -0.748 e. The van der Waals surface area contributed by atoms with Gasteiger partial charge in [0, 0.05) is 46.7 Å². The van der Waals surface area contributed by atoms with Gasteiger partial charge in [0.25, 0.3) is 17.5 Å². The summed E-state index contributed by atoms with van der Waals surface area (Å²) < 4.78 is 0. The summed E-state index contributed by atoms with van der Waals surface area (Å²) in [5.41, 5.74) is 1.26. The summed E-state index contributed by atoms with van der Waals surface area (Å²) in [5.74, 6) is -0.887. The summed E-state index contributed by atoms with van der Waals surface area (Å²) in [6.07, 6.45) is 0. The maximum Gasteiger partial charge on any atom is 0.270 e. The summed E-state index contributed by atoms with van der Waals surface area (Å²) in [6, 6.07) is 24.9. The number of non-ortho nitro benzene ring substituents is 1. The second-order valence-corrected chi connectivity index (χ2v) is 6.61. The van der Waals surface area contributed by atoms with Crippen LogP contribution in [0, 0.1) is 10.1 Å². The van der Waals surface area contributed by atoms with Crippen molar-refractivity contribution in [1.82, 2.24) is 4.90 Å². The van der Waals surface area contributed by atoms with Crippen molar-refractivity contribution in [2.45, 2.75) is 6.54 Å². The molecule has 7 heteroatoms. The largest absolute Gasteiger partial charge is 0.748 e. The van der Waals surface area contributed by atoms with E-state index in [0.717, 1.165) is 10.5 Å². The minimum absolute atomic E-state index is 0. The standard InChI is InChI=1S/C18H11N2O4.C5H5.Fe/c21-17-14-7-3-6-12-8-13(20(23)24)9-15(16(12)14)18(22)19(17)10-11-4-1-2-5-11;1-2-4-5-3-1;/h1-9H,10H2;1-5H;/q-1;-5;. The van der Waals surface area contributed by atoms with E-state index in [1.807, 2.05) is 54.6 Å². The summed E-state index contributed by atoms with van der Waals surface area (Å²) >= 11 is 0. The molecule has 0 aliphatic carbocycles. The van der Waals surface area contributed by atoms with E-state index in [4.69, 9.17) is 0 Å². The number of nitro benzene ring substituents is 1. The maximum absolute atomic E-state index is 12.8. The molecule has 2 amide bonds. The number of benzene rings is 2. The zero-order valence-electron chi connectivity index (χ0n) is 15.7. The molecule has 4 aromatic carbocycles. The van der Waals surface area contributed by atoms with Gasteiger partial charge in [0.05, 0.1) is 10.5 Å². The quantitative estimate of drug-likeness (QED) is 0.153. The Balaban J connectivity index is 0.000000376. The topological polar surface area (TPSA) is 80.5 Å². The van der Waals surface area contributed by atoms with Gasteiger partial charge in [-0.3, -0.25) is 24.6 Å². The average molecular weight is 440 g/mol. The van der Waals surface area contributed by atoms with Crippen LogP contribution in [0.5, 0.6) is 0 Å². The first-order valence-electron chi connectivity index (χ1n) is 9.01. The number of carbonyl (C=O) groups is 2. The predicted molar refractivity (Wildman–Crippen MR) is 109 cm³/mol. The van der Waals surface area contributed by atoms with E-state index in [1.54, 1.807) is 18.2 Å². The van der Waals surface area contributed by atoms with Gasteiger partial charge in [-0.15, -0.1) is 5.56 Å². The molecule has 5 rings (SSSR count). The minimum atomic E-state index is -0.534. The summed E-state index contributed by atoms with van der Waals surface area (Å²) in [7, 11) is 0. The number of rotatable bonds is 3. The molecule has 156 valence electrons. The molecule has 0 saturated heterocycles. The predicted octanol–water partition coefficient (Wildman–Crippen LogP) is 4.67. The van der Waals surface area contributed by atoms with Crippen LogP contribution in [-0.2, 0) is 23.6 Å². The first-order chi connectivity index (χ1) is 14.1. The Morgan fingerprint density at radius 3 is 2.10 bits per heavy atom. The summed E-state index contributed by atoms with van der Waals surface area (Å²) in [6.45, 7) is 0.142. The molecule has 6 nitrogen and oxygen atoms in total. The number of hydrogen-bond acceptors (Lipinski definition) is 4. The van der Waals surface area contributed by atoms with Crippen LogP contribution in [0.15, 0.2) is 84.9 Å². The van der Waals surface area contributed by atoms with E-state index < -0.39 is 10.8 Å². The van der Waals surface area contributed by atoms with Gasteiger partial charge in [-0.2, -0.15) is 12.1 Å². The zero-order chi connectivity index (χ0) is 20.4. The van der Waals surface area contributed by atoms with Crippen LogP contribution in [0.25, 0.3) is 10.8 Å². The van der Waals surface area contributed by atoms with Gasteiger partial charge >= 0.3 is 0 Å². The van der Waals surface area contributed by atoms with Crippen LogP contribution >= 0.6 is 0 Å². The van der Waals surface area contributed by atoms with E-state index in [9.17, 15) is 19.7 Å². The van der Waals surface area contributed by atoms with Crippen LogP contribution in [-0.4, -0.2) is 21.6 Å². The van der Waals surface area contributed by atoms with Crippen molar-refractivity contribution in [2.24, 2.45) is 0 Å². The number of carbonyl (C=O) groups excluding carboxylic acids is 2. The van der Waals surface area contributed by atoms with Crippen LogP contribution in [0.2, 0.25) is 0 Å². The Hall–Kier alpha value is -3.54. The van der Waals surface area contributed by atoms with Gasteiger partial charge in [-0.25, -0.2) is 12.1 Å². The Morgan fingerprint density at radius 1 is 0.900 bits per heavy atom. The molecule has 30 heavy (non-hydrogen) atoms. The van der Waals surface area contributed by atoms with Gasteiger partial charge in [0.2, 0.25) is 0 Å². The van der Waals surface area contributed by atoms with E-state index in [-0.39, 0.29) is 40.8 Å². The van der Waals surface area contributed by atoms with Crippen molar-refractivity contribution in [2.75, 3.05) is 0 Å². The van der Waals surface area contributed by atoms with Crippen LogP contribution in [0.1, 0.15) is 26.3 Å². The fourth-order valence-electron chi connectivity index (χ4n) is 3.41. The van der Waals surface area contributed by atoms with Crippen molar-refractivity contribution in [1.29, 1.82) is 0 Å². The molecule has 1 aliphatic rings. The molecule has 0 unspecified atom stereocenters. The first-order valence-corrected chi connectivity index (χ1v) is 9.01. The number of nitro groups is 1. The molecule has 1 heterocycles. The Bertz CT molecular complexity index is 1180. The molecule has 0 spiro atoms. The van der Waals surface area contributed by atoms with Gasteiger partial charge in [0.15, 0.2) is 0 Å². The monoisotopic (exact) mass is 440 g/mol. The van der Waals surface area contributed by atoms with Gasteiger partial charge < -0.3 is 30.3 Å². The molecular weight excluding hydrogens is 424 g/mol. The molecule has 0 aromatic heterocycles. The van der Waals surface area contributed by atoms with Gasteiger partial charge in [-0.05, 0) is 11.5 Å². The molecule has 1 aliphatic heterocycles.